The Morgan fingerprint density at radius 3 is 3.00 bits per heavy atom. The molecule has 0 aromatic carbocycles. The summed E-state index contributed by atoms with van der Waals surface area (Å²) in [4.78, 5) is 0. The molecule has 0 radical (unpaired) electrons. The molecule has 2 N–H and O–H groups in total. The molecule has 5 heteroatoms. The maximum Gasteiger partial charge on any atom is 0.0691 e. The zero-order chi connectivity index (χ0) is 13.9. The second kappa shape index (κ2) is 6.03. The van der Waals surface area contributed by atoms with Crippen molar-refractivity contribution in [2.24, 2.45) is 0 Å². The van der Waals surface area contributed by atoms with Gasteiger partial charge in [0.15, 0.2) is 0 Å². The number of aliphatic hydroxyl groups is 1. The zero-order valence-electron chi connectivity index (χ0n) is 12.1. The minimum atomic E-state index is -0.755. The number of hydrogen-bond acceptors (Lipinski definition) is 4. The third kappa shape index (κ3) is 4.30. The lowest BCUT2D eigenvalue weighted by Gasteiger charge is -2.31. The number of morpholine rings is 1. The molecule has 0 amide bonds. The standard InChI is InChI=1S/C14H25N3O2/c1-11(2)17-6-4-12(16-17)8-14(3,18)9-13-10-19-7-5-15-13/h4,6,11,13,15,18H,5,7-10H2,1-3H3. The molecule has 1 aromatic rings. The molecule has 108 valence electrons. The van der Waals surface area contributed by atoms with E-state index in [1.807, 2.05) is 23.9 Å². The van der Waals surface area contributed by atoms with Crippen LogP contribution in [0.1, 0.15) is 38.9 Å². The first-order valence-corrected chi connectivity index (χ1v) is 7.04. The maximum absolute atomic E-state index is 10.5. The molecule has 2 atom stereocenters. The summed E-state index contributed by atoms with van der Waals surface area (Å²) in [6.45, 7) is 8.37. The molecule has 1 aliphatic rings. The number of hydrogen-bond donors (Lipinski definition) is 2. The Morgan fingerprint density at radius 1 is 1.63 bits per heavy atom. The second-order valence-corrected chi connectivity index (χ2v) is 5.98. The monoisotopic (exact) mass is 267 g/mol. The second-order valence-electron chi connectivity index (χ2n) is 5.98. The molecule has 1 saturated heterocycles. The van der Waals surface area contributed by atoms with Gasteiger partial charge in [0, 0.05) is 31.2 Å². The summed E-state index contributed by atoms with van der Waals surface area (Å²) in [7, 11) is 0. The van der Waals surface area contributed by atoms with E-state index in [1.165, 1.54) is 0 Å². The first-order valence-electron chi connectivity index (χ1n) is 7.04. The van der Waals surface area contributed by atoms with Crippen molar-refractivity contribution in [2.45, 2.75) is 51.3 Å². The van der Waals surface area contributed by atoms with Crippen LogP contribution in [0.5, 0.6) is 0 Å². The minimum Gasteiger partial charge on any atom is -0.390 e. The Morgan fingerprint density at radius 2 is 2.42 bits per heavy atom. The topological polar surface area (TPSA) is 59.3 Å². The highest BCUT2D eigenvalue weighted by Gasteiger charge is 2.28. The van der Waals surface area contributed by atoms with E-state index in [1.54, 1.807) is 0 Å². The normalized spacial score (nSPS) is 23.5. The Bertz CT molecular complexity index is 395. The van der Waals surface area contributed by atoms with Crippen LogP contribution in [-0.4, -0.2) is 46.3 Å². The van der Waals surface area contributed by atoms with Crippen LogP contribution in [-0.2, 0) is 11.2 Å². The van der Waals surface area contributed by atoms with Gasteiger partial charge in [-0.2, -0.15) is 5.10 Å². The van der Waals surface area contributed by atoms with Crippen LogP contribution in [0.3, 0.4) is 0 Å². The van der Waals surface area contributed by atoms with Crippen LogP contribution in [0.25, 0.3) is 0 Å². The van der Waals surface area contributed by atoms with Crippen LogP contribution in [0, 0.1) is 0 Å². The van der Waals surface area contributed by atoms with E-state index in [0.29, 0.717) is 25.5 Å². The molecule has 5 nitrogen and oxygen atoms in total. The molecule has 2 heterocycles. The van der Waals surface area contributed by atoms with Gasteiger partial charge in [0.2, 0.25) is 0 Å². The average molecular weight is 267 g/mol. The van der Waals surface area contributed by atoms with Crippen LogP contribution in [0.4, 0.5) is 0 Å². The average Bonchev–Trinajstić information content (AvgIpc) is 2.77. The van der Waals surface area contributed by atoms with Crippen LogP contribution >= 0.6 is 0 Å². The first kappa shape index (κ1) is 14.5. The highest BCUT2D eigenvalue weighted by Crippen LogP contribution is 2.19. The van der Waals surface area contributed by atoms with Gasteiger partial charge in [-0.1, -0.05) is 0 Å². The Balaban J connectivity index is 1.91. The van der Waals surface area contributed by atoms with Gasteiger partial charge in [-0.05, 0) is 33.3 Å². The van der Waals surface area contributed by atoms with E-state index in [2.05, 4.69) is 24.3 Å². The molecule has 19 heavy (non-hydrogen) atoms. The molecule has 0 spiro atoms. The van der Waals surface area contributed by atoms with Gasteiger partial charge in [-0.25, -0.2) is 0 Å². The Kier molecular flexibility index (Phi) is 4.60. The van der Waals surface area contributed by atoms with E-state index in [-0.39, 0.29) is 6.04 Å². The SMILES string of the molecule is CC(C)n1ccc(CC(C)(O)CC2COCCN2)n1. The van der Waals surface area contributed by atoms with Crippen molar-refractivity contribution >= 4 is 0 Å². The van der Waals surface area contributed by atoms with E-state index >= 15 is 0 Å². The number of ether oxygens (including phenoxy) is 1. The molecule has 0 bridgehead atoms. The first-order chi connectivity index (χ1) is 8.96. The van der Waals surface area contributed by atoms with Crippen molar-refractivity contribution in [3.05, 3.63) is 18.0 Å². The van der Waals surface area contributed by atoms with E-state index in [0.717, 1.165) is 18.8 Å². The molecule has 0 saturated carbocycles. The highest BCUT2D eigenvalue weighted by molar-refractivity contribution is 5.04. The Labute approximate surface area is 115 Å². The van der Waals surface area contributed by atoms with Gasteiger partial charge in [0.1, 0.15) is 0 Å². The molecule has 2 unspecified atom stereocenters. The molecule has 0 aliphatic carbocycles. The fourth-order valence-electron chi connectivity index (χ4n) is 2.50. The minimum absolute atomic E-state index is 0.232. The molecule has 1 aliphatic heterocycles. The largest absolute Gasteiger partial charge is 0.390 e. The highest BCUT2D eigenvalue weighted by atomic mass is 16.5. The third-order valence-corrected chi connectivity index (χ3v) is 3.44. The number of nitrogens with zero attached hydrogens (tertiary/aromatic N) is 2. The van der Waals surface area contributed by atoms with Crippen LogP contribution in [0.2, 0.25) is 0 Å². The molecular weight excluding hydrogens is 242 g/mol. The summed E-state index contributed by atoms with van der Waals surface area (Å²) in [5.74, 6) is 0. The fraction of sp³-hybridized carbons (Fsp3) is 0.786. The number of nitrogens with one attached hydrogen (secondary N) is 1. The lowest BCUT2D eigenvalue weighted by molar-refractivity contribution is 0.00587. The van der Waals surface area contributed by atoms with Gasteiger partial charge >= 0.3 is 0 Å². The van der Waals surface area contributed by atoms with E-state index < -0.39 is 5.60 Å². The Hall–Kier alpha value is -0.910. The smallest absolute Gasteiger partial charge is 0.0691 e. The van der Waals surface area contributed by atoms with E-state index in [9.17, 15) is 5.11 Å². The summed E-state index contributed by atoms with van der Waals surface area (Å²) < 4.78 is 7.34. The fourth-order valence-corrected chi connectivity index (χ4v) is 2.50. The lowest BCUT2D eigenvalue weighted by Crippen LogP contribution is -2.46. The summed E-state index contributed by atoms with van der Waals surface area (Å²) in [5, 5.41) is 18.4. The van der Waals surface area contributed by atoms with Crippen LogP contribution < -0.4 is 5.32 Å². The van der Waals surface area contributed by atoms with Crippen molar-refractivity contribution in [2.75, 3.05) is 19.8 Å². The quantitative estimate of drug-likeness (QED) is 0.840. The van der Waals surface area contributed by atoms with Gasteiger partial charge in [0.25, 0.3) is 0 Å². The zero-order valence-corrected chi connectivity index (χ0v) is 12.1. The number of rotatable bonds is 5. The van der Waals surface area contributed by atoms with Gasteiger partial charge in [-0.3, -0.25) is 4.68 Å². The molecule has 1 aromatic heterocycles. The van der Waals surface area contributed by atoms with Crippen molar-refractivity contribution in [1.82, 2.24) is 15.1 Å². The number of aromatic nitrogens is 2. The predicted octanol–water partition coefficient (Wildman–Crippen LogP) is 1.14. The van der Waals surface area contributed by atoms with Crippen molar-refractivity contribution < 1.29 is 9.84 Å². The van der Waals surface area contributed by atoms with E-state index in [4.69, 9.17) is 4.74 Å². The third-order valence-electron chi connectivity index (χ3n) is 3.44. The van der Waals surface area contributed by atoms with Gasteiger partial charge < -0.3 is 15.2 Å². The van der Waals surface area contributed by atoms with Crippen molar-refractivity contribution in [3.8, 4) is 0 Å². The predicted molar refractivity (Wildman–Crippen MR) is 74.2 cm³/mol. The summed E-state index contributed by atoms with van der Waals surface area (Å²) >= 11 is 0. The van der Waals surface area contributed by atoms with Gasteiger partial charge in [0.05, 0.1) is 24.5 Å². The molecule has 1 fully saturated rings. The lowest BCUT2D eigenvalue weighted by atomic mass is 9.92. The van der Waals surface area contributed by atoms with Crippen LogP contribution in [0.15, 0.2) is 12.3 Å². The molecule has 2 rings (SSSR count). The summed E-state index contributed by atoms with van der Waals surface area (Å²) in [5.41, 5.74) is 0.185. The van der Waals surface area contributed by atoms with Gasteiger partial charge in [-0.15, -0.1) is 0 Å². The molecular formula is C14H25N3O2. The van der Waals surface area contributed by atoms with Crippen molar-refractivity contribution in [3.63, 3.8) is 0 Å². The van der Waals surface area contributed by atoms with Crippen molar-refractivity contribution in [1.29, 1.82) is 0 Å². The summed E-state index contributed by atoms with van der Waals surface area (Å²) in [6.07, 6.45) is 3.23. The summed E-state index contributed by atoms with van der Waals surface area (Å²) in [6, 6.07) is 2.57. The maximum atomic E-state index is 10.5.